The van der Waals surface area contributed by atoms with Gasteiger partial charge in [0.2, 0.25) is 5.91 Å². The Kier molecular flexibility index (Phi) is 7.11. The standard InChI is InChI=1S/C23H28N2O4/c1-4-6-23(26)25(15-17-7-5-8-20(13-17)28-3)16-21-14-22(24-29-21)18-9-11-19(27-2)12-10-18/h5,7-13,21H,4,6,14-16H2,1-3H3/t21-/m1/s1. The third kappa shape index (κ3) is 5.50. The first-order valence-electron chi connectivity index (χ1n) is 9.90. The fraction of sp³-hybridized carbons (Fsp3) is 0.391. The molecule has 6 nitrogen and oxygen atoms in total. The molecule has 2 aromatic carbocycles. The minimum atomic E-state index is -0.154. The summed E-state index contributed by atoms with van der Waals surface area (Å²) in [5.74, 6) is 1.71. The van der Waals surface area contributed by atoms with E-state index >= 15 is 0 Å². The van der Waals surface area contributed by atoms with Crippen LogP contribution in [0.4, 0.5) is 0 Å². The third-order valence-corrected chi connectivity index (χ3v) is 4.90. The minimum Gasteiger partial charge on any atom is -0.497 e. The Morgan fingerprint density at radius 3 is 2.59 bits per heavy atom. The molecule has 1 atom stereocenters. The van der Waals surface area contributed by atoms with Gasteiger partial charge in [0.1, 0.15) is 11.5 Å². The Balaban J connectivity index is 1.65. The molecule has 0 N–H and O–H groups in total. The summed E-state index contributed by atoms with van der Waals surface area (Å²) in [5.41, 5.74) is 2.93. The van der Waals surface area contributed by atoms with E-state index < -0.39 is 0 Å². The predicted octanol–water partition coefficient (Wildman–Crippen LogP) is 4.03. The lowest BCUT2D eigenvalue weighted by Gasteiger charge is -2.25. The van der Waals surface area contributed by atoms with Crippen LogP contribution in [0.5, 0.6) is 11.5 Å². The number of rotatable bonds is 9. The molecule has 29 heavy (non-hydrogen) atoms. The van der Waals surface area contributed by atoms with Gasteiger partial charge in [0.05, 0.1) is 26.5 Å². The average molecular weight is 396 g/mol. The Labute approximate surface area is 172 Å². The van der Waals surface area contributed by atoms with Crippen molar-refractivity contribution in [3.63, 3.8) is 0 Å². The third-order valence-electron chi connectivity index (χ3n) is 4.90. The van der Waals surface area contributed by atoms with Crippen molar-refractivity contribution >= 4 is 11.6 Å². The van der Waals surface area contributed by atoms with Gasteiger partial charge in [-0.25, -0.2) is 0 Å². The van der Waals surface area contributed by atoms with E-state index in [0.717, 1.165) is 34.8 Å². The van der Waals surface area contributed by atoms with Gasteiger partial charge in [0.15, 0.2) is 6.10 Å². The monoisotopic (exact) mass is 396 g/mol. The van der Waals surface area contributed by atoms with Crippen LogP contribution in [0.15, 0.2) is 53.7 Å². The molecular formula is C23H28N2O4. The second-order valence-electron chi connectivity index (χ2n) is 7.07. The predicted molar refractivity (Wildman–Crippen MR) is 112 cm³/mol. The van der Waals surface area contributed by atoms with Crippen molar-refractivity contribution < 1.29 is 19.1 Å². The molecular weight excluding hydrogens is 368 g/mol. The maximum atomic E-state index is 12.7. The molecule has 1 aliphatic rings. The highest BCUT2D eigenvalue weighted by Crippen LogP contribution is 2.22. The fourth-order valence-corrected chi connectivity index (χ4v) is 3.34. The summed E-state index contributed by atoms with van der Waals surface area (Å²) in [6, 6.07) is 15.6. The van der Waals surface area contributed by atoms with Crippen LogP contribution in [-0.4, -0.2) is 43.4 Å². The molecule has 1 aliphatic heterocycles. The maximum Gasteiger partial charge on any atom is 0.222 e. The molecule has 0 aromatic heterocycles. The number of benzene rings is 2. The number of hydrogen-bond donors (Lipinski definition) is 0. The second kappa shape index (κ2) is 9.96. The van der Waals surface area contributed by atoms with Crippen molar-refractivity contribution in [3.05, 3.63) is 59.7 Å². The van der Waals surface area contributed by atoms with Crippen LogP contribution in [0.1, 0.15) is 37.3 Å². The minimum absolute atomic E-state index is 0.122. The summed E-state index contributed by atoms with van der Waals surface area (Å²) in [6.45, 7) is 3.03. The lowest BCUT2D eigenvalue weighted by Crippen LogP contribution is -2.37. The van der Waals surface area contributed by atoms with Crippen LogP contribution in [0.3, 0.4) is 0 Å². The van der Waals surface area contributed by atoms with Crippen molar-refractivity contribution in [2.24, 2.45) is 5.16 Å². The van der Waals surface area contributed by atoms with Gasteiger partial charge in [-0.15, -0.1) is 0 Å². The topological polar surface area (TPSA) is 60.4 Å². The molecule has 0 fully saturated rings. The number of amides is 1. The first-order chi connectivity index (χ1) is 14.1. The zero-order chi connectivity index (χ0) is 20.6. The second-order valence-corrected chi connectivity index (χ2v) is 7.07. The molecule has 154 valence electrons. The van der Waals surface area contributed by atoms with E-state index in [9.17, 15) is 4.79 Å². The zero-order valence-electron chi connectivity index (χ0n) is 17.3. The Morgan fingerprint density at radius 2 is 1.90 bits per heavy atom. The lowest BCUT2D eigenvalue weighted by atomic mass is 10.0. The number of ether oxygens (including phenoxy) is 2. The normalized spacial score (nSPS) is 15.4. The number of oxime groups is 1. The number of carbonyl (C=O) groups excluding carboxylic acids is 1. The van der Waals surface area contributed by atoms with E-state index in [1.807, 2.05) is 60.4 Å². The molecule has 0 saturated carbocycles. The van der Waals surface area contributed by atoms with E-state index in [1.165, 1.54) is 0 Å². The number of nitrogens with zero attached hydrogens (tertiary/aromatic N) is 2. The van der Waals surface area contributed by atoms with Gasteiger partial charge in [-0.05, 0) is 53.9 Å². The molecule has 2 aromatic rings. The van der Waals surface area contributed by atoms with Gasteiger partial charge in [-0.2, -0.15) is 0 Å². The number of hydrogen-bond acceptors (Lipinski definition) is 5. The van der Waals surface area contributed by atoms with Gasteiger partial charge >= 0.3 is 0 Å². The highest BCUT2D eigenvalue weighted by atomic mass is 16.6. The van der Waals surface area contributed by atoms with Crippen LogP contribution >= 0.6 is 0 Å². The SMILES string of the molecule is CCCC(=O)N(Cc1cccc(OC)c1)C[C@H]1CC(c2ccc(OC)cc2)=NO1. The molecule has 0 aliphatic carbocycles. The van der Waals surface area contributed by atoms with Crippen LogP contribution in [0.2, 0.25) is 0 Å². The number of methoxy groups -OCH3 is 2. The largest absolute Gasteiger partial charge is 0.497 e. The van der Waals surface area contributed by atoms with Crippen molar-refractivity contribution in [3.8, 4) is 11.5 Å². The van der Waals surface area contributed by atoms with Gasteiger partial charge in [0.25, 0.3) is 0 Å². The van der Waals surface area contributed by atoms with Crippen LogP contribution < -0.4 is 9.47 Å². The van der Waals surface area contributed by atoms with Crippen molar-refractivity contribution in [1.82, 2.24) is 4.90 Å². The molecule has 1 amide bonds. The molecule has 6 heteroatoms. The molecule has 0 radical (unpaired) electrons. The molecule has 0 spiro atoms. The van der Waals surface area contributed by atoms with E-state index in [0.29, 0.717) is 25.9 Å². The Hall–Kier alpha value is -3.02. The highest BCUT2D eigenvalue weighted by molar-refractivity contribution is 6.01. The summed E-state index contributed by atoms with van der Waals surface area (Å²) < 4.78 is 10.5. The Morgan fingerprint density at radius 1 is 1.14 bits per heavy atom. The summed E-state index contributed by atoms with van der Waals surface area (Å²) in [5, 5.41) is 4.25. The molecule has 3 rings (SSSR count). The molecule has 0 unspecified atom stereocenters. The molecule has 0 saturated heterocycles. The maximum absolute atomic E-state index is 12.7. The van der Waals surface area contributed by atoms with Gasteiger partial charge < -0.3 is 19.2 Å². The van der Waals surface area contributed by atoms with Crippen LogP contribution in [-0.2, 0) is 16.2 Å². The van der Waals surface area contributed by atoms with E-state index in [2.05, 4.69) is 5.16 Å². The van der Waals surface area contributed by atoms with Gasteiger partial charge in [0, 0.05) is 19.4 Å². The van der Waals surface area contributed by atoms with E-state index in [1.54, 1.807) is 14.2 Å². The highest BCUT2D eigenvalue weighted by Gasteiger charge is 2.26. The summed E-state index contributed by atoms with van der Waals surface area (Å²) in [7, 11) is 3.29. The van der Waals surface area contributed by atoms with Crippen LogP contribution in [0, 0.1) is 0 Å². The summed E-state index contributed by atoms with van der Waals surface area (Å²) in [6.07, 6.45) is 1.84. The molecule has 0 bridgehead atoms. The average Bonchev–Trinajstić information content (AvgIpc) is 3.22. The molecule has 1 heterocycles. The first kappa shape index (κ1) is 20.7. The van der Waals surface area contributed by atoms with E-state index in [-0.39, 0.29) is 12.0 Å². The Bertz CT molecular complexity index is 848. The fourth-order valence-electron chi connectivity index (χ4n) is 3.34. The quantitative estimate of drug-likeness (QED) is 0.642. The van der Waals surface area contributed by atoms with E-state index in [4.69, 9.17) is 14.3 Å². The van der Waals surface area contributed by atoms with Crippen molar-refractivity contribution in [2.45, 2.75) is 38.8 Å². The smallest absolute Gasteiger partial charge is 0.222 e. The van der Waals surface area contributed by atoms with Crippen LogP contribution in [0.25, 0.3) is 0 Å². The summed E-state index contributed by atoms with van der Waals surface area (Å²) in [4.78, 5) is 20.2. The lowest BCUT2D eigenvalue weighted by molar-refractivity contribution is -0.133. The zero-order valence-corrected chi connectivity index (χ0v) is 17.3. The van der Waals surface area contributed by atoms with Gasteiger partial charge in [-0.1, -0.05) is 24.2 Å². The first-order valence-corrected chi connectivity index (χ1v) is 9.90. The van der Waals surface area contributed by atoms with Crippen molar-refractivity contribution in [2.75, 3.05) is 20.8 Å². The van der Waals surface area contributed by atoms with Crippen molar-refractivity contribution in [1.29, 1.82) is 0 Å². The summed E-state index contributed by atoms with van der Waals surface area (Å²) >= 11 is 0. The number of carbonyl (C=O) groups is 1. The van der Waals surface area contributed by atoms with Gasteiger partial charge in [-0.3, -0.25) is 4.79 Å².